The number of rotatable bonds is 6. The quantitative estimate of drug-likeness (QED) is 0.884. The van der Waals surface area contributed by atoms with Crippen molar-refractivity contribution in [2.45, 2.75) is 32.0 Å². The van der Waals surface area contributed by atoms with E-state index in [0.29, 0.717) is 18.2 Å². The van der Waals surface area contributed by atoms with Crippen molar-refractivity contribution in [3.63, 3.8) is 0 Å². The average Bonchev–Trinajstić information content (AvgIpc) is 3.32. The molecule has 1 N–H and O–H groups in total. The highest BCUT2D eigenvalue weighted by atomic mass is 19.1. The van der Waals surface area contributed by atoms with Crippen molar-refractivity contribution in [2.24, 2.45) is 0 Å². The fraction of sp³-hybridized carbons (Fsp3) is 0.353. The summed E-state index contributed by atoms with van der Waals surface area (Å²) in [5.74, 6) is 0.683. The van der Waals surface area contributed by atoms with Gasteiger partial charge in [0.1, 0.15) is 11.6 Å². The van der Waals surface area contributed by atoms with Gasteiger partial charge in [-0.2, -0.15) is 0 Å². The summed E-state index contributed by atoms with van der Waals surface area (Å²) in [5, 5.41) is 3.47. The van der Waals surface area contributed by atoms with E-state index in [1.165, 1.54) is 24.5 Å². The van der Waals surface area contributed by atoms with Gasteiger partial charge in [-0.1, -0.05) is 24.3 Å². The minimum Gasteiger partial charge on any atom is -0.355 e. The second-order valence-corrected chi connectivity index (χ2v) is 5.63. The number of nitrogens with zero attached hydrogens (tertiary/aromatic N) is 2. The van der Waals surface area contributed by atoms with E-state index in [0.717, 1.165) is 12.4 Å². The summed E-state index contributed by atoms with van der Waals surface area (Å²) in [6.45, 7) is 1.38. The lowest BCUT2D eigenvalue weighted by atomic mass is 10.2. The van der Waals surface area contributed by atoms with E-state index in [2.05, 4.69) is 16.4 Å². The van der Waals surface area contributed by atoms with Crippen molar-refractivity contribution in [1.82, 2.24) is 10.3 Å². The second-order valence-electron chi connectivity index (χ2n) is 5.63. The Hall–Kier alpha value is -1.94. The fourth-order valence-electron chi connectivity index (χ4n) is 2.26. The highest BCUT2D eigenvalue weighted by Crippen LogP contribution is 2.20. The topological polar surface area (TPSA) is 28.2 Å². The lowest BCUT2D eigenvalue weighted by Crippen LogP contribution is -2.19. The van der Waals surface area contributed by atoms with Crippen molar-refractivity contribution < 1.29 is 4.39 Å². The predicted molar refractivity (Wildman–Crippen MR) is 82.6 cm³/mol. The van der Waals surface area contributed by atoms with E-state index >= 15 is 0 Å². The zero-order valence-corrected chi connectivity index (χ0v) is 12.2. The molecule has 3 nitrogen and oxygen atoms in total. The Kier molecular flexibility index (Phi) is 4.15. The molecule has 110 valence electrons. The molecule has 0 atom stereocenters. The lowest BCUT2D eigenvalue weighted by Gasteiger charge is -2.18. The van der Waals surface area contributed by atoms with Crippen LogP contribution in [0, 0.1) is 5.82 Å². The van der Waals surface area contributed by atoms with Crippen LogP contribution in [0.5, 0.6) is 0 Å². The third-order valence-electron chi connectivity index (χ3n) is 3.74. The van der Waals surface area contributed by atoms with Gasteiger partial charge < -0.3 is 10.2 Å². The van der Waals surface area contributed by atoms with E-state index in [1.807, 2.05) is 30.3 Å². The lowest BCUT2D eigenvalue weighted by molar-refractivity contribution is 0.607. The van der Waals surface area contributed by atoms with Crippen LogP contribution in [-0.4, -0.2) is 18.1 Å². The van der Waals surface area contributed by atoms with Crippen LogP contribution in [0.3, 0.4) is 0 Å². The first-order chi connectivity index (χ1) is 10.2. The fourth-order valence-corrected chi connectivity index (χ4v) is 2.26. The molecule has 1 aliphatic rings. The SMILES string of the molecule is CN(Cc1ccccc1F)c1ccc(CNC2CC2)cn1. The zero-order valence-electron chi connectivity index (χ0n) is 12.2. The number of hydrogen-bond donors (Lipinski definition) is 1. The van der Waals surface area contributed by atoms with Gasteiger partial charge in [-0.05, 0) is 30.5 Å². The third kappa shape index (κ3) is 3.79. The molecule has 0 saturated heterocycles. The van der Waals surface area contributed by atoms with Gasteiger partial charge in [-0.3, -0.25) is 0 Å². The molecule has 1 aliphatic carbocycles. The van der Waals surface area contributed by atoms with E-state index in [1.54, 1.807) is 12.1 Å². The van der Waals surface area contributed by atoms with Gasteiger partial charge in [0.15, 0.2) is 0 Å². The first kappa shape index (κ1) is 14.0. The monoisotopic (exact) mass is 285 g/mol. The van der Waals surface area contributed by atoms with E-state index < -0.39 is 0 Å². The summed E-state index contributed by atoms with van der Waals surface area (Å²) >= 11 is 0. The molecule has 1 aromatic heterocycles. The maximum absolute atomic E-state index is 13.7. The summed E-state index contributed by atoms with van der Waals surface area (Å²) in [7, 11) is 1.93. The van der Waals surface area contributed by atoms with Crippen LogP contribution in [0.1, 0.15) is 24.0 Å². The molecule has 1 aromatic carbocycles. The molecule has 1 heterocycles. The highest BCUT2D eigenvalue weighted by Gasteiger charge is 2.19. The molecule has 4 heteroatoms. The standard InChI is InChI=1S/C17H20FN3/c1-21(12-14-4-2-3-5-16(14)18)17-9-6-13(11-20-17)10-19-15-7-8-15/h2-6,9,11,15,19H,7-8,10,12H2,1H3. The molecule has 0 spiro atoms. The van der Waals surface area contributed by atoms with Crippen LogP contribution in [0.25, 0.3) is 0 Å². The van der Waals surface area contributed by atoms with Crippen LogP contribution in [0.2, 0.25) is 0 Å². The van der Waals surface area contributed by atoms with Crippen LogP contribution in [0.15, 0.2) is 42.6 Å². The molecule has 0 radical (unpaired) electrons. The summed E-state index contributed by atoms with van der Waals surface area (Å²) in [4.78, 5) is 6.42. The van der Waals surface area contributed by atoms with Crippen molar-refractivity contribution in [3.05, 3.63) is 59.5 Å². The van der Waals surface area contributed by atoms with Crippen LogP contribution in [0.4, 0.5) is 10.2 Å². The Bertz CT molecular complexity index is 593. The molecule has 0 amide bonds. The van der Waals surface area contributed by atoms with Gasteiger partial charge in [0.05, 0.1) is 0 Å². The van der Waals surface area contributed by atoms with E-state index in [9.17, 15) is 4.39 Å². The summed E-state index contributed by atoms with van der Waals surface area (Å²) < 4.78 is 13.7. The normalized spacial score (nSPS) is 14.2. The molecular formula is C17H20FN3. The van der Waals surface area contributed by atoms with Gasteiger partial charge in [0, 0.05) is 37.9 Å². The van der Waals surface area contributed by atoms with Gasteiger partial charge in [0.2, 0.25) is 0 Å². The maximum atomic E-state index is 13.7. The third-order valence-corrected chi connectivity index (χ3v) is 3.74. The van der Waals surface area contributed by atoms with Gasteiger partial charge in [0.25, 0.3) is 0 Å². The predicted octanol–water partition coefficient (Wildman–Crippen LogP) is 3.11. The number of halogens is 1. The van der Waals surface area contributed by atoms with Crippen LogP contribution < -0.4 is 10.2 Å². The number of hydrogen-bond acceptors (Lipinski definition) is 3. The smallest absolute Gasteiger partial charge is 0.128 e. The van der Waals surface area contributed by atoms with E-state index in [-0.39, 0.29) is 5.82 Å². The van der Waals surface area contributed by atoms with Crippen LogP contribution in [-0.2, 0) is 13.1 Å². The second kappa shape index (κ2) is 6.22. The molecule has 2 aromatic rings. The van der Waals surface area contributed by atoms with Crippen molar-refractivity contribution in [2.75, 3.05) is 11.9 Å². The molecule has 1 fully saturated rings. The number of pyridine rings is 1. The minimum absolute atomic E-state index is 0.172. The largest absolute Gasteiger partial charge is 0.355 e. The Balaban J connectivity index is 1.61. The van der Waals surface area contributed by atoms with E-state index in [4.69, 9.17) is 0 Å². The first-order valence-corrected chi connectivity index (χ1v) is 7.35. The molecule has 1 saturated carbocycles. The molecule has 3 rings (SSSR count). The molecular weight excluding hydrogens is 265 g/mol. The minimum atomic E-state index is -0.172. The van der Waals surface area contributed by atoms with Gasteiger partial charge in [-0.25, -0.2) is 9.37 Å². The Morgan fingerprint density at radius 2 is 2.05 bits per heavy atom. The van der Waals surface area contributed by atoms with Crippen molar-refractivity contribution in [1.29, 1.82) is 0 Å². The molecule has 0 bridgehead atoms. The van der Waals surface area contributed by atoms with Gasteiger partial charge in [-0.15, -0.1) is 0 Å². The Labute approximate surface area is 124 Å². The molecule has 21 heavy (non-hydrogen) atoms. The van der Waals surface area contributed by atoms with Crippen molar-refractivity contribution in [3.8, 4) is 0 Å². The number of anilines is 1. The number of benzene rings is 1. The summed E-state index contributed by atoms with van der Waals surface area (Å²) in [6.07, 6.45) is 4.47. The number of nitrogens with one attached hydrogen (secondary N) is 1. The summed E-state index contributed by atoms with van der Waals surface area (Å²) in [6, 6.07) is 11.6. The van der Waals surface area contributed by atoms with Crippen LogP contribution >= 0.6 is 0 Å². The number of aromatic nitrogens is 1. The average molecular weight is 285 g/mol. The summed E-state index contributed by atoms with van der Waals surface area (Å²) in [5.41, 5.74) is 1.87. The van der Waals surface area contributed by atoms with Crippen molar-refractivity contribution >= 4 is 5.82 Å². The highest BCUT2D eigenvalue weighted by molar-refractivity contribution is 5.39. The Morgan fingerprint density at radius 1 is 1.24 bits per heavy atom. The van der Waals surface area contributed by atoms with Gasteiger partial charge >= 0.3 is 0 Å². The Morgan fingerprint density at radius 3 is 2.71 bits per heavy atom. The molecule has 0 unspecified atom stereocenters. The first-order valence-electron chi connectivity index (χ1n) is 7.35. The molecule has 0 aliphatic heterocycles. The maximum Gasteiger partial charge on any atom is 0.128 e. The zero-order chi connectivity index (χ0) is 14.7.